The van der Waals surface area contributed by atoms with Crippen LogP contribution in [0, 0.1) is 6.92 Å². The fourth-order valence-corrected chi connectivity index (χ4v) is 1.99. The highest BCUT2D eigenvalue weighted by molar-refractivity contribution is 6.17. The molecule has 1 aromatic carbocycles. The average Bonchev–Trinajstić information content (AvgIpc) is 2.35. The Kier molecular flexibility index (Phi) is 4.13. The maximum absolute atomic E-state index is 5.75. The summed E-state index contributed by atoms with van der Waals surface area (Å²) in [5, 5.41) is 0. The van der Waals surface area contributed by atoms with Crippen LogP contribution in [0.25, 0.3) is 0 Å². The van der Waals surface area contributed by atoms with E-state index in [-0.39, 0.29) is 0 Å². The Bertz CT molecular complexity index is 395. The first-order valence-corrected chi connectivity index (χ1v) is 6.38. The van der Waals surface area contributed by atoms with Gasteiger partial charge in [0.15, 0.2) is 11.5 Å². The number of ether oxygens (including phenoxy) is 2. The third-order valence-corrected chi connectivity index (χ3v) is 3.38. The van der Waals surface area contributed by atoms with Gasteiger partial charge in [-0.25, -0.2) is 0 Å². The summed E-state index contributed by atoms with van der Waals surface area (Å²) in [4.78, 5) is 2.08. The lowest BCUT2D eigenvalue weighted by Crippen LogP contribution is -2.20. The van der Waals surface area contributed by atoms with Crippen LogP contribution >= 0.6 is 11.6 Å². The number of benzene rings is 1. The molecular weight excluding hydrogens is 238 g/mol. The first-order valence-electron chi connectivity index (χ1n) is 5.84. The van der Waals surface area contributed by atoms with E-state index in [1.54, 1.807) is 0 Å². The first-order chi connectivity index (χ1) is 8.20. The SMILES string of the molecule is Cc1cc2c(cc1CCN(C)CCl)OCCO2. The fourth-order valence-electron chi connectivity index (χ4n) is 1.87. The predicted molar refractivity (Wildman–Crippen MR) is 69.2 cm³/mol. The monoisotopic (exact) mass is 255 g/mol. The zero-order valence-electron chi connectivity index (χ0n) is 10.3. The Morgan fingerprint density at radius 1 is 1.24 bits per heavy atom. The van der Waals surface area contributed by atoms with Gasteiger partial charge >= 0.3 is 0 Å². The highest BCUT2D eigenvalue weighted by Crippen LogP contribution is 2.33. The zero-order valence-corrected chi connectivity index (χ0v) is 11.1. The molecule has 17 heavy (non-hydrogen) atoms. The Morgan fingerprint density at radius 3 is 2.53 bits per heavy atom. The van der Waals surface area contributed by atoms with Gasteiger partial charge in [0.1, 0.15) is 13.2 Å². The number of fused-ring (bicyclic) bond motifs is 1. The van der Waals surface area contributed by atoms with E-state index < -0.39 is 0 Å². The highest BCUT2D eigenvalue weighted by Gasteiger charge is 2.14. The summed E-state index contributed by atoms with van der Waals surface area (Å²) in [6, 6.07) is 4.71. The Morgan fingerprint density at radius 2 is 1.88 bits per heavy atom. The van der Waals surface area contributed by atoms with E-state index in [0.717, 1.165) is 24.5 Å². The summed E-state index contributed by atoms with van der Waals surface area (Å²) in [5.74, 6) is 1.73. The van der Waals surface area contributed by atoms with Crippen molar-refractivity contribution >= 4 is 11.6 Å². The van der Waals surface area contributed by atoms with E-state index in [2.05, 4.69) is 24.0 Å². The summed E-state index contributed by atoms with van der Waals surface area (Å²) in [5.41, 5.74) is 2.54. The Hall–Kier alpha value is -0.930. The van der Waals surface area contributed by atoms with E-state index in [1.165, 1.54) is 11.1 Å². The van der Waals surface area contributed by atoms with Crippen LogP contribution < -0.4 is 9.47 Å². The highest BCUT2D eigenvalue weighted by atomic mass is 35.5. The second-order valence-electron chi connectivity index (χ2n) is 4.37. The topological polar surface area (TPSA) is 21.7 Å². The van der Waals surface area contributed by atoms with Crippen molar-refractivity contribution in [3.05, 3.63) is 23.3 Å². The summed E-state index contributed by atoms with van der Waals surface area (Å²) in [7, 11) is 2.01. The summed E-state index contributed by atoms with van der Waals surface area (Å²) in [6.07, 6.45) is 0.978. The number of halogens is 1. The van der Waals surface area contributed by atoms with Gasteiger partial charge in [0.2, 0.25) is 0 Å². The normalized spacial score (nSPS) is 14.1. The van der Waals surface area contributed by atoms with Crippen LogP contribution in [0.5, 0.6) is 11.5 Å². The largest absolute Gasteiger partial charge is 0.486 e. The molecule has 2 rings (SSSR count). The van der Waals surface area contributed by atoms with E-state index >= 15 is 0 Å². The molecule has 0 saturated carbocycles. The Balaban J connectivity index is 2.11. The standard InChI is InChI=1S/C13H18ClNO2/c1-10-7-12-13(17-6-5-16-12)8-11(10)3-4-15(2)9-14/h7-8H,3-6,9H2,1-2H3. The number of nitrogens with zero attached hydrogens (tertiary/aromatic N) is 1. The summed E-state index contributed by atoms with van der Waals surface area (Å²) < 4.78 is 11.1. The molecule has 0 unspecified atom stereocenters. The number of hydrogen-bond donors (Lipinski definition) is 0. The van der Waals surface area contributed by atoms with Crippen molar-refractivity contribution in [3.8, 4) is 11.5 Å². The first kappa shape index (κ1) is 12.5. The summed E-state index contributed by atoms with van der Waals surface area (Å²) in [6.45, 7) is 4.33. The van der Waals surface area contributed by atoms with Crippen LogP contribution in [0.1, 0.15) is 11.1 Å². The minimum Gasteiger partial charge on any atom is -0.486 e. The van der Waals surface area contributed by atoms with Gasteiger partial charge in [0, 0.05) is 6.54 Å². The second-order valence-corrected chi connectivity index (χ2v) is 4.61. The van der Waals surface area contributed by atoms with Gasteiger partial charge in [-0.15, -0.1) is 11.6 Å². The van der Waals surface area contributed by atoms with E-state index in [4.69, 9.17) is 21.1 Å². The molecule has 0 amide bonds. The molecule has 4 heteroatoms. The van der Waals surface area contributed by atoms with Crippen LogP contribution in [-0.4, -0.2) is 37.7 Å². The van der Waals surface area contributed by atoms with Crippen molar-refractivity contribution in [2.24, 2.45) is 0 Å². The van der Waals surface area contributed by atoms with E-state index in [9.17, 15) is 0 Å². The molecule has 1 aromatic rings. The third-order valence-electron chi connectivity index (χ3n) is 2.97. The fraction of sp³-hybridized carbons (Fsp3) is 0.538. The predicted octanol–water partition coefficient (Wildman–Crippen LogP) is 2.44. The third kappa shape index (κ3) is 3.05. The van der Waals surface area contributed by atoms with E-state index in [0.29, 0.717) is 19.2 Å². The number of aryl methyl sites for hydroxylation is 1. The van der Waals surface area contributed by atoms with Gasteiger partial charge in [0.05, 0.1) is 6.00 Å². The molecule has 3 nitrogen and oxygen atoms in total. The maximum atomic E-state index is 5.75. The quantitative estimate of drug-likeness (QED) is 0.609. The number of rotatable bonds is 4. The van der Waals surface area contributed by atoms with Gasteiger partial charge in [0.25, 0.3) is 0 Å². The average molecular weight is 256 g/mol. The van der Waals surface area contributed by atoms with Crippen LogP contribution in [-0.2, 0) is 6.42 Å². The number of hydrogen-bond acceptors (Lipinski definition) is 3. The lowest BCUT2D eigenvalue weighted by molar-refractivity contribution is 0.171. The molecule has 0 fully saturated rings. The summed E-state index contributed by atoms with van der Waals surface area (Å²) >= 11 is 5.75. The molecule has 0 saturated heterocycles. The maximum Gasteiger partial charge on any atom is 0.161 e. The van der Waals surface area contributed by atoms with Gasteiger partial charge < -0.3 is 9.47 Å². The molecule has 0 aromatic heterocycles. The van der Waals surface area contributed by atoms with E-state index in [1.807, 2.05) is 7.05 Å². The lowest BCUT2D eigenvalue weighted by Gasteiger charge is -2.21. The molecule has 1 aliphatic rings. The van der Waals surface area contributed by atoms with Gasteiger partial charge in [-0.1, -0.05) is 0 Å². The van der Waals surface area contributed by atoms with Crippen molar-refractivity contribution in [1.29, 1.82) is 0 Å². The number of likely N-dealkylation sites (N-methyl/N-ethyl adjacent to an activating group) is 1. The zero-order chi connectivity index (χ0) is 12.3. The molecule has 0 atom stereocenters. The minimum absolute atomic E-state index is 0.559. The second kappa shape index (κ2) is 5.61. The van der Waals surface area contributed by atoms with Crippen molar-refractivity contribution in [2.75, 3.05) is 32.8 Å². The van der Waals surface area contributed by atoms with Gasteiger partial charge in [-0.2, -0.15) is 0 Å². The molecule has 0 aliphatic carbocycles. The van der Waals surface area contributed by atoms with Gasteiger partial charge in [-0.05, 0) is 43.7 Å². The molecule has 0 bridgehead atoms. The molecule has 0 N–H and O–H groups in total. The van der Waals surface area contributed by atoms with Crippen molar-refractivity contribution in [2.45, 2.75) is 13.3 Å². The van der Waals surface area contributed by atoms with Crippen molar-refractivity contribution in [1.82, 2.24) is 4.90 Å². The molecule has 1 heterocycles. The molecular formula is C13H18ClNO2. The van der Waals surface area contributed by atoms with Gasteiger partial charge in [-0.3, -0.25) is 4.90 Å². The lowest BCUT2D eigenvalue weighted by atomic mass is 10.0. The molecule has 94 valence electrons. The van der Waals surface area contributed by atoms with Crippen LogP contribution in [0.3, 0.4) is 0 Å². The van der Waals surface area contributed by atoms with Crippen molar-refractivity contribution in [3.63, 3.8) is 0 Å². The van der Waals surface area contributed by atoms with Crippen LogP contribution in [0.15, 0.2) is 12.1 Å². The van der Waals surface area contributed by atoms with Crippen LogP contribution in [0.2, 0.25) is 0 Å². The molecule has 0 spiro atoms. The minimum atomic E-state index is 0.559. The molecule has 0 radical (unpaired) electrons. The number of alkyl halides is 1. The Labute approximate surface area is 107 Å². The van der Waals surface area contributed by atoms with Crippen molar-refractivity contribution < 1.29 is 9.47 Å². The molecule has 1 aliphatic heterocycles. The van der Waals surface area contributed by atoms with Crippen LogP contribution in [0.4, 0.5) is 0 Å². The smallest absolute Gasteiger partial charge is 0.161 e.